The van der Waals surface area contributed by atoms with Gasteiger partial charge in [-0.3, -0.25) is 9.89 Å². The van der Waals surface area contributed by atoms with Crippen LogP contribution < -0.4 is 15.0 Å². The Morgan fingerprint density at radius 1 is 1.17 bits per heavy atom. The SMILES string of the molecule is CCCc1cc(=O)n2[nH]cc(-c3ccc(OC)c(OC)c3)c2n1. The first-order valence-corrected chi connectivity index (χ1v) is 7.50. The monoisotopic (exact) mass is 313 g/mol. The largest absolute Gasteiger partial charge is 0.493 e. The van der Waals surface area contributed by atoms with Crippen molar-refractivity contribution in [3.05, 3.63) is 46.5 Å². The first-order chi connectivity index (χ1) is 11.2. The Morgan fingerprint density at radius 3 is 2.65 bits per heavy atom. The van der Waals surface area contributed by atoms with E-state index in [2.05, 4.69) is 17.0 Å². The number of aromatic nitrogens is 3. The van der Waals surface area contributed by atoms with Crippen LogP contribution in [0, 0.1) is 0 Å². The molecule has 6 nitrogen and oxygen atoms in total. The van der Waals surface area contributed by atoms with Gasteiger partial charge in [0.1, 0.15) is 0 Å². The number of H-pyrrole nitrogens is 1. The fourth-order valence-corrected chi connectivity index (χ4v) is 2.63. The summed E-state index contributed by atoms with van der Waals surface area (Å²) >= 11 is 0. The van der Waals surface area contributed by atoms with Crippen LogP contribution >= 0.6 is 0 Å². The Bertz CT molecular complexity index is 896. The number of aryl methyl sites for hydroxylation is 1. The van der Waals surface area contributed by atoms with Crippen molar-refractivity contribution < 1.29 is 9.47 Å². The summed E-state index contributed by atoms with van der Waals surface area (Å²) in [7, 11) is 3.19. The van der Waals surface area contributed by atoms with Crippen LogP contribution in [0.2, 0.25) is 0 Å². The Morgan fingerprint density at radius 2 is 1.96 bits per heavy atom. The van der Waals surface area contributed by atoms with E-state index in [0.717, 1.165) is 29.7 Å². The summed E-state index contributed by atoms with van der Waals surface area (Å²) in [5.74, 6) is 1.30. The molecule has 0 amide bonds. The molecule has 0 saturated heterocycles. The average Bonchev–Trinajstić information content (AvgIpc) is 2.99. The molecule has 1 aromatic carbocycles. The van der Waals surface area contributed by atoms with Gasteiger partial charge in [0.05, 0.1) is 14.2 Å². The van der Waals surface area contributed by atoms with E-state index in [1.807, 2.05) is 18.2 Å². The third kappa shape index (κ3) is 2.67. The second kappa shape index (κ2) is 6.16. The van der Waals surface area contributed by atoms with Gasteiger partial charge in [-0.05, 0) is 24.1 Å². The van der Waals surface area contributed by atoms with Gasteiger partial charge in [-0.15, -0.1) is 0 Å². The molecular weight excluding hydrogens is 294 g/mol. The lowest BCUT2D eigenvalue weighted by Crippen LogP contribution is -2.15. The quantitative estimate of drug-likeness (QED) is 0.786. The van der Waals surface area contributed by atoms with Crippen LogP contribution in [0.4, 0.5) is 0 Å². The zero-order valence-corrected chi connectivity index (χ0v) is 13.4. The molecule has 0 bridgehead atoms. The van der Waals surface area contributed by atoms with E-state index in [0.29, 0.717) is 17.1 Å². The maximum absolute atomic E-state index is 12.2. The van der Waals surface area contributed by atoms with E-state index < -0.39 is 0 Å². The Kier molecular flexibility index (Phi) is 4.06. The summed E-state index contributed by atoms with van der Waals surface area (Å²) in [6.45, 7) is 2.07. The zero-order valence-electron chi connectivity index (χ0n) is 13.4. The number of aromatic amines is 1. The molecular formula is C17H19N3O3. The summed E-state index contributed by atoms with van der Waals surface area (Å²) in [4.78, 5) is 16.8. The minimum Gasteiger partial charge on any atom is -0.493 e. The van der Waals surface area contributed by atoms with Gasteiger partial charge in [0.25, 0.3) is 5.56 Å². The standard InChI is InChI=1S/C17H19N3O3/c1-4-5-12-9-16(21)20-17(19-12)13(10-18-20)11-6-7-14(22-2)15(8-11)23-3/h6-10,18H,4-5H2,1-3H3. The second-order valence-corrected chi connectivity index (χ2v) is 5.25. The number of benzene rings is 1. The zero-order chi connectivity index (χ0) is 16.4. The van der Waals surface area contributed by atoms with E-state index in [1.54, 1.807) is 26.5 Å². The van der Waals surface area contributed by atoms with E-state index in [1.165, 1.54) is 4.52 Å². The van der Waals surface area contributed by atoms with Crippen molar-refractivity contribution >= 4 is 5.65 Å². The molecule has 2 aromatic heterocycles. The van der Waals surface area contributed by atoms with Crippen LogP contribution in [-0.4, -0.2) is 28.8 Å². The fourth-order valence-electron chi connectivity index (χ4n) is 2.63. The second-order valence-electron chi connectivity index (χ2n) is 5.25. The van der Waals surface area contributed by atoms with E-state index in [4.69, 9.17) is 9.47 Å². The van der Waals surface area contributed by atoms with Crippen LogP contribution in [0.1, 0.15) is 19.0 Å². The molecule has 2 heterocycles. The molecule has 0 saturated carbocycles. The highest BCUT2D eigenvalue weighted by Gasteiger charge is 2.13. The lowest BCUT2D eigenvalue weighted by atomic mass is 10.1. The fraction of sp³-hybridized carbons (Fsp3) is 0.294. The number of nitrogens with one attached hydrogen (secondary N) is 1. The van der Waals surface area contributed by atoms with Gasteiger partial charge in [0.15, 0.2) is 17.1 Å². The number of hydrogen-bond acceptors (Lipinski definition) is 4. The predicted octanol–water partition coefficient (Wildman–Crippen LogP) is 2.66. The number of nitrogens with zero attached hydrogens (tertiary/aromatic N) is 2. The van der Waals surface area contributed by atoms with Gasteiger partial charge in [-0.2, -0.15) is 0 Å². The summed E-state index contributed by atoms with van der Waals surface area (Å²) in [5.41, 5.74) is 3.07. The molecule has 0 spiro atoms. The highest BCUT2D eigenvalue weighted by Crippen LogP contribution is 2.33. The van der Waals surface area contributed by atoms with Gasteiger partial charge in [0, 0.05) is 23.5 Å². The molecule has 0 atom stereocenters. The number of fused-ring (bicyclic) bond motifs is 1. The van der Waals surface area contributed by atoms with Gasteiger partial charge in [-0.25, -0.2) is 9.50 Å². The van der Waals surface area contributed by atoms with Crippen molar-refractivity contribution in [2.75, 3.05) is 14.2 Å². The average molecular weight is 313 g/mol. The number of rotatable bonds is 5. The summed E-state index contributed by atoms with van der Waals surface area (Å²) < 4.78 is 12.1. The molecule has 0 aliphatic heterocycles. The van der Waals surface area contributed by atoms with E-state index >= 15 is 0 Å². The Hall–Kier alpha value is -2.76. The lowest BCUT2D eigenvalue weighted by molar-refractivity contribution is 0.355. The normalized spacial score (nSPS) is 10.9. The molecule has 6 heteroatoms. The topological polar surface area (TPSA) is 68.6 Å². The maximum atomic E-state index is 12.2. The Labute approximate surface area is 133 Å². The van der Waals surface area contributed by atoms with Crippen molar-refractivity contribution in [3.8, 4) is 22.6 Å². The smallest absolute Gasteiger partial charge is 0.272 e. The minimum absolute atomic E-state index is 0.106. The highest BCUT2D eigenvalue weighted by molar-refractivity contribution is 5.78. The molecule has 0 fully saturated rings. The Balaban J connectivity index is 2.18. The van der Waals surface area contributed by atoms with E-state index in [-0.39, 0.29) is 5.56 Å². The van der Waals surface area contributed by atoms with Crippen molar-refractivity contribution in [2.24, 2.45) is 0 Å². The minimum atomic E-state index is -0.106. The van der Waals surface area contributed by atoms with Crippen LogP contribution in [0.15, 0.2) is 35.3 Å². The van der Waals surface area contributed by atoms with Gasteiger partial charge < -0.3 is 9.47 Å². The molecule has 3 rings (SSSR count). The molecule has 1 N–H and O–H groups in total. The third-order valence-electron chi connectivity index (χ3n) is 3.75. The third-order valence-corrected chi connectivity index (χ3v) is 3.75. The highest BCUT2D eigenvalue weighted by atomic mass is 16.5. The van der Waals surface area contributed by atoms with Crippen molar-refractivity contribution in [1.82, 2.24) is 14.6 Å². The van der Waals surface area contributed by atoms with Gasteiger partial charge >= 0.3 is 0 Å². The summed E-state index contributed by atoms with van der Waals surface area (Å²) in [6, 6.07) is 7.21. The van der Waals surface area contributed by atoms with Crippen LogP contribution in [0.3, 0.4) is 0 Å². The molecule has 0 aliphatic carbocycles. The molecule has 0 aliphatic rings. The van der Waals surface area contributed by atoms with Crippen LogP contribution in [0.25, 0.3) is 16.8 Å². The molecule has 0 radical (unpaired) electrons. The lowest BCUT2D eigenvalue weighted by Gasteiger charge is -2.09. The van der Waals surface area contributed by atoms with Crippen molar-refractivity contribution in [1.29, 1.82) is 0 Å². The first kappa shape index (κ1) is 15.1. The molecule has 0 unspecified atom stereocenters. The van der Waals surface area contributed by atoms with Gasteiger partial charge in [-0.1, -0.05) is 19.4 Å². The number of ether oxygens (including phenoxy) is 2. The van der Waals surface area contributed by atoms with Crippen molar-refractivity contribution in [3.63, 3.8) is 0 Å². The number of methoxy groups -OCH3 is 2. The van der Waals surface area contributed by atoms with Crippen LogP contribution in [0.5, 0.6) is 11.5 Å². The van der Waals surface area contributed by atoms with E-state index in [9.17, 15) is 4.79 Å². The summed E-state index contributed by atoms with van der Waals surface area (Å²) in [5, 5.41) is 2.96. The molecule has 120 valence electrons. The van der Waals surface area contributed by atoms with Gasteiger partial charge in [0.2, 0.25) is 0 Å². The summed E-state index contributed by atoms with van der Waals surface area (Å²) in [6.07, 6.45) is 3.50. The maximum Gasteiger partial charge on any atom is 0.272 e. The number of hydrogen-bond donors (Lipinski definition) is 1. The molecule has 23 heavy (non-hydrogen) atoms. The van der Waals surface area contributed by atoms with Crippen LogP contribution in [-0.2, 0) is 6.42 Å². The first-order valence-electron chi connectivity index (χ1n) is 7.50. The predicted molar refractivity (Wildman–Crippen MR) is 88.3 cm³/mol. The van der Waals surface area contributed by atoms with Crippen molar-refractivity contribution in [2.45, 2.75) is 19.8 Å². The molecule has 3 aromatic rings.